The van der Waals surface area contributed by atoms with Crippen LogP contribution in [0.3, 0.4) is 0 Å². The van der Waals surface area contributed by atoms with Crippen LogP contribution in [0.4, 0.5) is 15.9 Å². The number of aromatic nitrogens is 3. The van der Waals surface area contributed by atoms with Gasteiger partial charge in [-0.05, 0) is 52.3 Å². The highest BCUT2D eigenvalue weighted by Gasteiger charge is 2.16. The van der Waals surface area contributed by atoms with Gasteiger partial charge < -0.3 is 5.32 Å². The van der Waals surface area contributed by atoms with Gasteiger partial charge >= 0.3 is 0 Å². The number of allylic oxidation sites excluding steroid dienone is 6. The van der Waals surface area contributed by atoms with E-state index < -0.39 is 9.84 Å². The highest BCUT2D eigenvalue weighted by atomic mass is 79.9. The summed E-state index contributed by atoms with van der Waals surface area (Å²) in [5.41, 5.74) is 1.91. The summed E-state index contributed by atoms with van der Waals surface area (Å²) in [7, 11) is -3.27. The predicted molar refractivity (Wildman–Crippen MR) is 114 cm³/mol. The second kappa shape index (κ2) is 7.57. The summed E-state index contributed by atoms with van der Waals surface area (Å²) in [5.74, 6) is -0.0627. The topological polar surface area (TPSA) is 76.4 Å². The Hall–Kier alpha value is -2.78. The number of anilines is 2. The number of sulfone groups is 1. The van der Waals surface area contributed by atoms with Gasteiger partial charge in [0.1, 0.15) is 11.6 Å². The van der Waals surface area contributed by atoms with Crippen LogP contribution in [-0.2, 0) is 9.84 Å². The summed E-state index contributed by atoms with van der Waals surface area (Å²) in [4.78, 5) is 4.87. The summed E-state index contributed by atoms with van der Waals surface area (Å²) in [6.07, 6.45) is 11.0. The second-order valence-electron chi connectivity index (χ2n) is 6.54. The first kappa shape index (κ1) is 19.5. The molecule has 0 fully saturated rings. The van der Waals surface area contributed by atoms with E-state index in [1.165, 1.54) is 24.3 Å². The average Bonchev–Trinajstić information content (AvgIpc) is 2.91. The molecule has 148 valence electrons. The van der Waals surface area contributed by atoms with Crippen LogP contribution in [0.5, 0.6) is 0 Å². The Bertz CT molecular complexity index is 1280. The maximum Gasteiger partial charge on any atom is 0.175 e. The average molecular weight is 475 g/mol. The van der Waals surface area contributed by atoms with E-state index in [2.05, 4.69) is 31.3 Å². The second-order valence-corrected chi connectivity index (χ2v) is 9.41. The third-order valence-corrected chi connectivity index (χ3v) is 6.06. The molecule has 0 saturated carbocycles. The number of hydrogen-bond acceptors (Lipinski definition) is 5. The van der Waals surface area contributed by atoms with Gasteiger partial charge in [-0.1, -0.05) is 18.2 Å². The van der Waals surface area contributed by atoms with Crippen molar-refractivity contribution in [3.63, 3.8) is 0 Å². The van der Waals surface area contributed by atoms with Crippen molar-refractivity contribution in [3.8, 4) is 0 Å². The van der Waals surface area contributed by atoms with Crippen LogP contribution < -0.4 is 5.32 Å². The Kier molecular flexibility index (Phi) is 5.10. The lowest BCUT2D eigenvalue weighted by atomic mass is 10.0. The standard InChI is InChI=1S/C20H16BrFN4O2S/c1-29(27,28)16-8-6-15(7-9-16)24-19-11-18(13-4-2-3-5-14(22)10-13)25-20-17(21)12-23-26(19)20/h2-13,24H,1H3. The summed E-state index contributed by atoms with van der Waals surface area (Å²) in [6.45, 7) is 0. The van der Waals surface area contributed by atoms with E-state index in [4.69, 9.17) is 0 Å². The molecule has 1 unspecified atom stereocenters. The molecule has 3 aromatic rings. The molecule has 2 heterocycles. The largest absolute Gasteiger partial charge is 0.340 e. The van der Waals surface area contributed by atoms with Crippen molar-refractivity contribution in [1.82, 2.24) is 14.6 Å². The van der Waals surface area contributed by atoms with Crippen LogP contribution in [0.15, 0.2) is 82.1 Å². The van der Waals surface area contributed by atoms with E-state index in [9.17, 15) is 12.8 Å². The van der Waals surface area contributed by atoms with E-state index in [1.54, 1.807) is 41.1 Å². The van der Waals surface area contributed by atoms with E-state index in [1.807, 2.05) is 6.08 Å². The first-order valence-electron chi connectivity index (χ1n) is 8.65. The van der Waals surface area contributed by atoms with Crippen LogP contribution in [0.1, 0.15) is 11.6 Å². The van der Waals surface area contributed by atoms with Gasteiger partial charge in [0.05, 0.1) is 21.3 Å². The molecule has 0 spiro atoms. The minimum atomic E-state index is -3.27. The maximum absolute atomic E-state index is 13.9. The van der Waals surface area contributed by atoms with E-state index in [0.717, 1.165) is 6.26 Å². The molecule has 1 N–H and O–H groups in total. The van der Waals surface area contributed by atoms with Crippen LogP contribution in [-0.4, -0.2) is 29.3 Å². The predicted octanol–water partition coefficient (Wildman–Crippen LogP) is 4.70. The maximum atomic E-state index is 13.9. The van der Waals surface area contributed by atoms with E-state index >= 15 is 0 Å². The number of halogens is 2. The molecule has 1 aromatic carbocycles. The molecule has 9 heteroatoms. The molecule has 1 aliphatic carbocycles. The Morgan fingerprint density at radius 3 is 2.69 bits per heavy atom. The van der Waals surface area contributed by atoms with Crippen molar-refractivity contribution in [2.45, 2.75) is 10.8 Å². The van der Waals surface area contributed by atoms with Crippen molar-refractivity contribution >= 4 is 42.9 Å². The van der Waals surface area contributed by atoms with Crippen LogP contribution >= 0.6 is 15.9 Å². The third-order valence-electron chi connectivity index (χ3n) is 4.37. The number of fused-ring (bicyclic) bond motifs is 1. The fourth-order valence-corrected chi connectivity index (χ4v) is 3.92. The lowest BCUT2D eigenvalue weighted by Gasteiger charge is -2.13. The van der Waals surface area contributed by atoms with E-state index in [0.29, 0.717) is 27.3 Å². The minimum absolute atomic E-state index is 0.238. The van der Waals surface area contributed by atoms with Gasteiger partial charge in [-0.25, -0.2) is 17.8 Å². The Morgan fingerprint density at radius 1 is 1.21 bits per heavy atom. The monoisotopic (exact) mass is 474 g/mol. The number of rotatable bonds is 4. The lowest BCUT2D eigenvalue weighted by molar-refractivity contribution is 0.602. The molecule has 0 radical (unpaired) electrons. The van der Waals surface area contributed by atoms with Crippen molar-refractivity contribution in [2.24, 2.45) is 0 Å². The first-order chi connectivity index (χ1) is 13.8. The molecule has 1 aliphatic rings. The summed E-state index contributed by atoms with van der Waals surface area (Å²) in [5, 5.41) is 7.56. The smallest absolute Gasteiger partial charge is 0.175 e. The normalized spacial score (nSPS) is 16.7. The summed E-state index contributed by atoms with van der Waals surface area (Å²) in [6, 6.07) is 8.22. The summed E-state index contributed by atoms with van der Waals surface area (Å²) < 4.78 is 39.6. The Balaban J connectivity index is 1.77. The molecule has 0 bridgehead atoms. The molecule has 0 amide bonds. The van der Waals surface area contributed by atoms with Crippen LogP contribution in [0.25, 0.3) is 5.65 Å². The van der Waals surface area contributed by atoms with Crippen molar-refractivity contribution in [2.75, 3.05) is 11.6 Å². The highest BCUT2D eigenvalue weighted by molar-refractivity contribution is 9.10. The molecule has 0 saturated heterocycles. The van der Waals surface area contributed by atoms with Gasteiger partial charge in [-0.2, -0.15) is 9.61 Å². The van der Waals surface area contributed by atoms with Crippen molar-refractivity contribution in [1.29, 1.82) is 0 Å². The quantitative estimate of drug-likeness (QED) is 0.592. The third kappa shape index (κ3) is 4.15. The number of hydrogen-bond donors (Lipinski definition) is 1. The van der Waals surface area contributed by atoms with Crippen molar-refractivity contribution < 1.29 is 12.8 Å². The molecule has 29 heavy (non-hydrogen) atoms. The minimum Gasteiger partial charge on any atom is -0.340 e. The van der Waals surface area contributed by atoms with Crippen LogP contribution in [0.2, 0.25) is 0 Å². The zero-order valence-corrected chi connectivity index (χ0v) is 17.7. The SMILES string of the molecule is CS(=O)(=O)c1ccc(Nc2cc(C3C=CC=CC(F)=C3)nc3c(Br)cnn23)cc1. The summed E-state index contributed by atoms with van der Waals surface area (Å²) >= 11 is 3.44. The highest BCUT2D eigenvalue weighted by Crippen LogP contribution is 2.29. The number of benzene rings is 1. The zero-order chi connectivity index (χ0) is 20.6. The molecule has 1 atom stereocenters. The molecular weight excluding hydrogens is 459 g/mol. The van der Waals surface area contributed by atoms with Gasteiger partial charge in [0.15, 0.2) is 15.5 Å². The Labute approximate surface area is 175 Å². The number of nitrogens with one attached hydrogen (secondary N) is 1. The van der Waals surface area contributed by atoms with Gasteiger partial charge in [-0.3, -0.25) is 0 Å². The first-order valence-corrected chi connectivity index (χ1v) is 11.3. The molecule has 4 rings (SSSR count). The molecule has 6 nitrogen and oxygen atoms in total. The molecule has 0 aliphatic heterocycles. The van der Waals surface area contributed by atoms with Gasteiger partial charge in [0, 0.05) is 23.9 Å². The Morgan fingerprint density at radius 2 is 1.97 bits per heavy atom. The van der Waals surface area contributed by atoms with Gasteiger partial charge in [0.25, 0.3) is 0 Å². The fourth-order valence-electron chi connectivity index (χ4n) is 2.95. The zero-order valence-electron chi connectivity index (χ0n) is 15.3. The van der Waals surface area contributed by atoms with E-state index in [-0.39, 0.29) is 16.6 Å². The molecular formula is C20H16BrFN4O2S. The van der Waals surface area contributed by atoms with Crippen LogP contribution in [0, 0.1) is 0 Å². The van der Waals surface area contributed by atoms with Crippen molar-refractivity contribution in [3.05, 3.63) is 82.9 Å². The van der Waals surface area contributed by atoms with Gasteiger partial charge in [-0.15, -0.1) is 0 Å². The molecule has 2 aromatic heterocycles. The lowest BCUT2D eigenvalue weighted by Crippen LogP contribution is -2.06. The van der Waals surface area contributed by atoms with Gasteiger partial charge in [0.2, 0.25) is 0 Å². The number of nitrogens with zero attached hydrogens (tertiary/aromatic N) is 3. The fraction of sp³-hybridized carbons (Fsp3) is 0.100.